The molecule has 32 heavy (non-hydrogen) atoms. The summed E-state index contributed by atoms with van der Waals surface area (Å²) in [5.74, 6) is 0. The van der Waals surface area contributed by atoms with Crippen molar-refractivity contribution in [2.45, 2.75) is 25.4 Å². The Morgan fingerprint density at radius 2 is 1.31 bits per heavy atom. The van der Waals surface area contributed by atoms with E-state index in [-0.39, 0.29) is 32.0 Å². The van der Waals surface area contributed by atoms with Crippen LogP contribution in [0, 0.1) is 0 Å². The van der Waals surface area contributed by atoms with Crippen molar-refractivity contribution in [1.82, 2.24) is 0 Å². The van der Waals surface area contributed by atoms with E-state index in [1.54, 1.807) is 0 Å². The van der Waals surface area contributed by atoms with E-state index >= 15 is 0 Å². The Hall–Kier alpha value is -2.08. The number of ether oxygens (including phenoxy) is 2. The quantitative estimate of drug-likeness (QED) is 0.298. The predicted molar refractivity (Wildman–Crippen MR) is 121 cm³/mol. The Bertz CT molecular complexity index is 1050. The zero-order chi connectivity index (χ0) is 23.6. The molecular weight excluding hydrogens is 456 g/mol. The molecule has 0 aliphatic heterocycles. The van der Waals surface area contributed by atoms with Gasteiger partial charge >= 0.3 is 0 Å². The van der Waals surface area contributed by atoms with Gasteiger partial charge in [0.25, 0.3) is 20.2 Å². The number of hydrogen-bond donors (Lipinski definition) is 0. The van der Waals surface area contributed by atoms with Crippen molar-refractivity contribution in [3.63, 3.8) is 0 Å². The maximum Gasteiger partial charge on any atom is 0.265 e. The van der Waals surface area contributed by atoms with Crippen LogP contribution < -0.4 is 0 Å². The first kappa shape index (κ1) is 26.2. The molecule has 2 aromatic rings. The summed E-state index contributed by atoms with van der Waals surface area (Å²) < 4.78 is 68.2. The van der Waals surface area contributed by atoms with Gasteiger partial charge in [0, 0.05) is 0 Å². The molecule has 0 saturated carbocycles. The minimum atomic E-state index is -3.86. The Balaban J connectivity index is 2.13. The first-order chi connectivity index (χ1) is 15.0. The Morgan fingerprint density at radius 3 is 1.81 bits per heavy atom. The van der Waals surface area contributed by atoms with Gasteiger partial charge in [0.1, 0.15) is 12.2 Å². The molecule has 0 heterocycles. The highest BCUT2D eigenvalue weighted by Crippen LogP contribution is 2.19. The molecule has 176 valence electrons. The van der Waals surface area contributed by atoms with Crippen LogP contribution in [0.25, 0.3) is 0 Å². The van der Waals surface area contributed by atoms with Crippen LogP contribution in [0.5, 0.6) is 0 Å². The first-order valence-electron chi connectivity index (χ1n) is 9.72. The maximum absolute atomic E-state index is 11.8. The lowest BCUT2D eigenvalue weighted by molar-refractivity contribution is 0.00527. The molecule has 0 amide bonds. The third-order valence-electron chi connectivity index (χ3n) is 4.23. The summed E-state index contributed by atoms with van der Waals surface area (Å²) >= 11 is 0. The fraction of sp³-hybridized carbons (Fsp3) is 0.364. The molecule has 10 heteroatoms. The van der Waals surface area contributed by atoms with Gasteiger partial charge < -0.3 is 9.47 Å². The molecule has 2 rings (SSSR count). The summed E-state index contributed by atoms with van der Waals surface area (Å²) in [6, 6.07) is 18.5. The topological polar surface area (TPSA) is 105 Å². The van der Waals surface area contributed by atoms with Crippen LogP contribution in [0.4, 0.5) is 0 Å². The van der Waals surface area contributed by atoms with Crippen molar-refractivity contribution in [3.05, 3.63) is 83.9 Å². The highest BCUT2D eigenvalue weighted by molar-refractivity contribution is 7.86. The highest BCUT2D eigenvalue weighted by atomic mass is 32.2. The zero-order valence-electron chi connectivity index (χ0n) is 18.0. The van der Waals surface area contributed by atoms with Gasteiger partial charge in [0.2, 0.25) is 0 Å². The molecule has 0 aliphatic rings. The van der Waals surface area contributed by atoms with E-state index in [1.165, 1.54) is 0 Å². The van der Waals surface area contributed by atoms with Gasteiger partial charge in [-0.3, -0.25) is 8.37 Å². The second-order valence-electron chi connectivity index (χ2n) is 7.14. The molecule has 0 fully saturated rings. The fourth-order valence-electron chi connectivity index (χ4n) is 2.69. The van der Waals surface area contributed by atoms with Gasteiger partial charge in [-0.15, -0.1) is 0 Å². The van der Waals surface area contributed by atoms with E-state index in [4.69, 9.17) is 17.8 Å². The largest absolute Gasteiger partial charge is 0.374 e. The van der Waals surface area contributed by atoms with Crippen molar-refractivity contribution in [2.24, 2.45) is 0 Å². The van der Waals surface area contributed by atoms with Crippen LogP contribution in [0.2, 0.25) is 0 Å². The van der Waals surface area contributed by atoms with Crippen LogP contribution in [0.3, 0.4) is 0 Å². The lowest BCUT2D eigenvalue weighted by atomic mass is 10.1. The van der Waals surface area contributed by atoms with Crippen molar-refractivity contribution in [2.75, 3.05) is 25.7 Å². The van der Waals surface area contributed by atoms with Crippen LogP contribution in [-0.2, 0) is 51.3 Å². The summed E-state index contributed by atoms with van der Waals surface area (Å²) in [4.78, 5) is 0. The van der Waals surface area contributed by atoms with Gasteiger partial charge in [-0.05, 0) is 16.7 Å². The SMILES string of the molecule is C=C([C@H](COS(C)(=O)=O)OCc1ccccc1)[C@@H](COCc1ccccc1)OS(C)(=O)=O. The first-order valence-corrected chi connectivity index (χ1v) is 13.4. The zero-order valence-corrected chi connectivity index (χ0v) is 19.7. The third kappa shape index (κ3) is 10.5. The summed E-state index contributed by atoms with van der Waals surface area (Å²) in [5, 5.41) is 0. The highest BCUT2D eigenvalue weighted by Gasteiger charge is 2.27. The number of rotatable bonds is 14. The van der Waals surface area contributed by atoms with E-state index in [0.29, 0.717) is 0 Å². The summed E-state index contributed by atoms with van der Waals surface area (Å²) in [6.45, 7) is 3.76. The van der Waals surface area contributed by atoms with Crippen molar-refractivity contribution >= 4 is 20.2 Å². The van der Waals surface area contributed by atoms with Crippen LogP contribution in [0.15, 0.2) is 72.8 Å². The van der Waals surface area contributed by atoms with E-state index in [2.05, 4.69) is 6.58 Å². The van der Waals surface area contributed by atoms with Gasteiger partial charge in [-0.25, -0.2) is 0 Å². The van der Waals surface area contributed by atoms with Gasteiger partial charge in [-0.1, -0.05) is 67.2 Å². The second-order valence-corrected chi connectivity index (χ2v) is 10.4. The van der Waals surface area contributed by atoms with E-state index in [1.807, 2.05) is 60.7 Å². The van der Waals surface area contributed by atoms with Crippen molar-refractivity contribution < 1.29 is 34.7 Å². The Kier molecular flexibility index (Phi) is 10.0. The summed E-state index contributed by atoms with van der Waals surface area (Å²) in [6.07, 6.45) is -0.232. The predicted octanol–water partition coefficient (Wildman–Crippen LogP) is 2.67. The van der Waals surface area contributed by atoms with Gasteiger partial charge in [0.05, 0.1) is 38.9 Å². The fourth-order valence-corrected chi connectivity index (χ4v) is 3.66. The molecule has 0 bridgehead atoms. The standard InChI is InChI=1S/C22H28O8S2/c1-18(21(17-29-31(2,23)24)28-15-20-12-8-5-9-13-20)22(30-32(3,25)26)16-27-14-19-10-6-4-7-11-19/h4-13,21-22H,1,14-17H2,2-3H3/t21-,22+/m0/s1. The molecule has 0 saturated heterocycles. The molecule has 0 unspecified atom stereocenters. The molecule has 8 nitrogen and oxygen atoms in total. The lowest BCUT2D eigenvalue weighted by Gasteiger charge is -2.26. The van der Waals surface area contributed by atoms with E-state index in [0.717, 1.165) is 23.6 Å². The Labute approximate surface area is 190 Å². The smallest absolute Gasteiger partial charge is 0.265 e. The minimum Gasteiger partial charge on any atom is -0.374 e. The van der Waals surface area contributed by atoms with Gasteiger partial charge in [-0.2, -0.15) is 16.8 Å². The molecule has 0 spiro atoms. The number of hydrogen-bond acceptors (Lipinski definition) is 8. The van der Waals surface area contributed by atoms with Gasteiger partial charge in [0.15, 0.2) is 0 Å². The molecular formula is C22H28O8S2. The summed E-state index contributed by atoms with van der Waals surface area (Å²) in [5.41, 5.74) is 1.92. The molecule has 0 aliphatic carbocycles. The monoisotopic (exact) mass is 484 g/mol. The van der Waals surface area contributed by atoms with Crippen LogP contribution >= 0.6 is 0 Å². The maximum atomic E-state index is 11.8. The Morgan fingerprint density at radius 1 is 0.781 bits per heavy atom. The average molecular weight is 485 g/mol. The normalized spacial score (nSPS) is 14.1. The van der Waals surface area contributed by atoms with E-state index in [9.17, 15) is 16.8 Å². The second kappa shape index (κ2) is 12.2. The number of benzene rings is 2. The minimum absolute atomic E-state index is 0.133. The molecule has 0 N–H and O–H groups in total. The summed E-state index contributed by atoms with van der Waals surface area (Å²) in [7, 11) is -7.62. The molecule has 2 atom stereocenters. The van der Waals surface area contributed by atoms with Crippen LogP contribution in [-0.4, -0.2) is 54.8 Å². The molecule has 0 aromatic heterocycles. The van der Waals surface area contributed by atoms with Crippen LogP contribution in [0.1, 0.15) is 11.1 Å². The molecule has 2 aromatic carbocycles. The lowest BCUT2D eigenvalue weighted by Crippen LogP contribution is -2.34. The van der Waals surface area contributed by atoms with Crippen molar-refractivity contribution in [3.8, 4) is 0 Å². The average Bonchev–Trinajstić information content (AvgIpc) is 2.72. The molecule has 0 radical (unpaired) electrons. The third-order valence-corrected chi connectivity index (χ3v) is 5.37. The van der Waals surface area contributed by atoms with Crippen molar-refractivity contribution in [1.29, 1.82) is 0 Å². The van der Waals surface area contributed by atoms with E-state index < -0.39 is 32.4 Å².